The first kappa shape index (κ1) is 15.8. The van der Waals surface area contributed by atoms with E-state index in [1.165, 1.54) is 7.11 Å². The Labute approximate surface area is 104 Å². The van der Waals surface area contributed by atoms with Gasteiger partial charge in [0.25, 0.3) is 0 Å². The molecule has 0 spiro atoms. The quantitative estimate of drug-likeness (QED) is 0.668. The SMILES string of the molecule is COC(=O)C(C)CC(C)NCCC(C)SC. The van der Waals surface area contributed by atoms with Crippen molar-refractivity contribution in [1.82, 2.24) is 5.32 Å². The van der Waals surface area contributed by atoms with Gasteiger partial charge >= 0.3 is 5.97 Å². The van der Waals surface area contributed by atoms with Crippen molar-refractivity contribution in [2.45, 2.75) is 44.9 Å². The summed E-state index contributed by atoms with van der Waals surface area (Å²) in [6.45, 7) is 7.27. The van der Waals surface area contributed by atoms with Crippen LogP contribution in [0, 0.1) is 5.92 Å². The third-order valence-corrected chi connectivity index (χ3v) is 3.80. The summed E-state index contributed by atoms with van der Waals surface area (Å²) in [6.07, 6.45) is 4.13. The summed E-state index contributed by atoms with van der Waals surface area (Å²) >= 11 is 1.88. The Bertz CT molecular complexity index is 199. The van der Waals surface area contributed by atoms with Crippen LogP contribution >= 0.6 is 11.8 Å². The lowest BCUT2D eigenvalue weighted by Gasteiger charge is -2.18. The summed E-state index contributed by atoms with van der Waals surface area (Å²) < 4.78 is 4.70. The van der Waals surface area contributed by atoms with E-state index in [4.69, 9.17) is 4.74 Å². The van der Waals surface area contributed by atoms with E-state index in [1.54, 1.807) is 0 Å². The van der Waals surface area contributed by atoms with Crippen LogP contribution in [0.1, 0.15) is 33.6 Å². The van der Waals surface area contributed by atoms with Crippen molar-refractivity contribution < 1.29 is 9.53 Å². The third-order valence-electron chi connectivity index (χ3n) is 2.76. The van der Waals surface area contributed by atoms with Gasteiger partial charge in [0.05, 0.1) is 13.0 Å². The van der Waals surface area contributed by atoms with E-state index in [0.29, 0.717) is 11.3 Å². The van der Waals surface area contributed by atoms with Crippen molar-refractivity contribution >= 4 is 17.7 Å². The molecule has 16 heavy (non-hydrogen) atoms. The van der Waals surface area contributed by atoms with Crippen LogP contribution in [0.4, 0.5) is 0 Å². The van der Waals surface area contributed by atoms with Crippen molar-refractivity contribution in [2.24, 2.45) is 5.92 Å². The molecular formula is C12H25NO2S. The van der Waals surface area contributed by atoms with Crippen molar-refractivity contribution in [1.29, 1.82) is 0 Å². The van der Waals surface area contributed by atoms with Crippen molar-refractivity contribution in [3.05, 3.63) is 0 Å². The van der Waals surface area contributed by atoms with Gasteiger partial charge in [0, 0.05) is 11.3 Å². The monoisotopic (exact) mass is 247 g/mol. The maximum atomic E-state index is 11.2. The lowest BCUT2D eigenvalue weighted by atomic mass is 10.0. The van der Waals surface area contributed by atoms with E-state index in [0.717, 1.165) is 19.4 Å². The van der Waals surface area contributed by atoms with Crippen LogP contribution in [0.25, 0.3) is 0 Å². The number of hydrogen-bond donors (Lipinski definition) is 1. The van der Waals surface area contributed by atoms with Crippen LogP contribution in [0.3, 0.4) is 0 Å². The molecule has 0 saturated heterocycles. The molecule has 0 aromatic heterocycles. The Morgan fingerprint density at radius 2 is 2.00 bits per heavy atom. The summed E-state index contributed by atoms with van der Waals surface area (Å²) in [4.78, 5) is 11.2. The second kappa shape index (κ2) is 8.88. The van der Waals surface area contributed by atoms with E-state index in [-0.39, 0.29) is 11.9 Å². The molecule has 0 fully saturated rings. The van der Waals surface area contributed by atoms with Gasteiger partial charge in [0.2, 0.25) is 0 Å². The van der Waals surface area contributed by atoms with E-state index in [2.05, 4.69) is 25.4 Å². The largest absolute Gasteiger partial charge is 0.469 e. The number of esters is 1. The molecule has 3 atom stereocenters. The number of thioether (sulfide) groups is 1. The zero-order valence-corrected chi connectivity index (χ0v) is 11.9. The van der Waals surface area contributed by atoms with E-state index in [1.807, 2.05) is 18.7 Å². The van der Waals surface area contributed by atoms with Crippen LogP contribution < -0.4 is 5.32 Å². The molecule has 0 radical (unpaired) electrons. The Morgan fingerprint density at radius 3 is 2.50 bits per heavy atom. The van der Waals surface area contributed by atoms with Crippen LogP contribution in [0.15, 0.2) is 0 Å². The first-order chi connectivity index (χ1) is 7.51. The predicted molar refractivity (Wildman–Crippen MR) is 70.9 cm³/mol. The van der Waals surface area contributed by atoms with E-state index in [9.17, 15) is 4.79 Å². The fourth-order valence-electron chi connectivity index (χ4n) is 1.56. The van der Waals surface area contributed by atoms with Crippen LogP contribution in [0.2, 0.25) is 0 Å². The average Bonchev–Trinajstić information content (AvgIpc) is 2.27. The van der Waals surface area contributed by atoms with Crippen molar-refractivity contribution in [3.63, 3.8) is 0 Å². The minimum atomic E-state index is -0.119. The van der Waals surface area contributed by atoms with Crippen molar-refractivity contribution in [2.75, 3.05) is 19.9 Å². The smallest absolute Gasteiger partial charge is 0.308 e. The predicted octanol–water partition coefficient (Wildman–Crippen LogP) is 2.31. The maximum Gasteiger partial charge on any atom is 0.308 e. The molecule has 0 aliphatic rings. The molecule has 0 rings (SSSR count). The highest BCUT2D eigenvalue weighted by atomic mass is 32.2. The molecule has 0 aliphatic heterocycles. The summed E-state index contributed by atoms with van der Waals surface area (Å²) in [7, 11) is 1.44. The highest BCUT2D eigenvalue weighted by molar-refractivity contribution is 7.99. The summed E-state index contributed by atoms with van der Waals surface area (Å²) in [5.41, 5.74) is 0. The zero-order chi connectivity index (χ0) is 12.6. The minimum absolute atomic E-state index is 0.0227. The molecule has 0 amide bonds. The lowest BCUT2D eigenvalue weighted by molar-refractivity contribution is -0.145. The molecule has 3 nitrogen and oxygen atoms in total. The summed E-state index contributed by atoms with van der Waals surface area (Å²) in [6, 6.07) is 0.364. The van der Waals surface area contributed by atoms with Gasteiger partial charge < -0.3 is 10.1 Å². The first-order valence-corrected chi connectivity index (χ1v) is 7.14. The van der Waals surface area contributed by atoms with Gasteiger partial charge in [-0.1, -0.05) is 13.8 Å². The topological polar surface area (TPSA) is 38.3 Å². The second-order valence-electron chi connectivity index (χ2n) is 4.35. The van der Waals surface area contributed by atoms with E-state index >= 15 is 0 Å². The highest BCUT2D eigenvalue weighted by Gasteiger charge is 2.16. The second-order valence-corrected chi connectivity index (χ2v) is 5.63. The number of methoxy groups -OCH3 is 1. The number of hydrogen-bond acceptors (Lipinski definition) is 4. The molecule has 0 aromatic rings. The molecule has 0 heterocycles. The van der Waals surface area contributed by atoms with Gasteiger partial charge in [-0.15, -0.1) is 0 Å². The van der Waals surface area contributed by atoms with Gasteiger partial charge in [0.1, 0.15) is 0 Å². The van der Waals surface area contributed by atoms with Gasteiger partial charge in [-0.2, -0.15) is 11.8 Å². The fourth-order valence-corrected chi connectivity index (χ4v) is 1.92. The number of carbonyl (C=O) groups is 1. The highest BCUT2D eigenvalue weighted by Crippen LogP contribution is 2.10. The summed E-state index contributed by atoms with van der Waals surface area (Å²) in [5.74, 6) is -0.142. The Kier molecular flexibility index (Phi) is 8.76. The lowest BCUT2D eigenvalue weighted by Crippen LogP contribution is -2.31. The number of rotatable bonds is 8. The molecule has 0 saturated carbocycles. The summed E-state index contributed by atoms with van der Waals surface area (Å²) in [5, 5.41) is 4.13. The third kappa shape index (κ3) is 7.12. The van der Waals surface area contributed by atoms with Gasteiger partial charge in [0.15, 0.2) is 0 Å². The Hall–Kier alpha value is -0.220. The van der Waals surface area contributed by atoms with Gasteiger partial charge in [-0.05, 0) is 32.6 Å². The zero-order valence-electron chi connectivity index (χ0n) is 11.1. The van der Waals surface area contributed by atoms with Crippen LogP contribution in [0.5, 0.6) is 0 Å². The van der Waals surface area contributed by atoms with Gasteiger partial charge in [-0.3, -0.25) is 4.79 Å². The number of nitrogens with one attached hydrogen (secondary N) is 1. The molecule has 3 unspecified atom stereocenters. The maximum absolute atomic E-state index is 11.2. The first-order valence-electron chi connectivity index (χ1n) is 5.85. The number of ether oxygens (including phenoxy) is 1. The standard InChI is InChI=1S/C12H25NO2S/c1-9(12(14)15-4)8-10(2)13-7-6-11(3)16-5/h9-11,13H,6-8H2,1-5H3. The molecule has 0 aliphatic carbocycles. The van der Waals surface area contributed by atoms with Crippen LogP contribution in [-0.2, 0) is 9.53 Å². The molecule has 0 bridgehead atoms. The molecule has 4 heteroatoms. The molecular weight excluding hydrogens is 222 g/mol. The number of carbonyl (C=O) groups excluding carboxylic acids is 1. The normalized spacial score (nSPS) is 16.6. The fraction of sp³-hybridized carbons (Fsp3) is 0.917. The average molecular weight is 247 g/mol. The van der Waals surface area contributed by atoms with Gasteiger partial charge in [-0.25, -0.2) is 0 Å². The molecule has 0 aromatic carbocycles. The Balaban J connectivity index is 3.65. The Morgan fingerprint density at radius 1 is 1.38 bits per heavy atom. The van der Waals surface area contributed by atoms with Crippen molar-refractivity contribution in [3.8, 4) is 0 Å². The molecule has 1 N–H and O–H groups in total. The van der Waals surface area contributed by atoms with E-state index < -0.39 is 0 Å². The van der Waals surface area contributed by atoms with Crippen LogP contribution in [-0.4, -0.2) is 37.2 Å². The molecule has 96 valence electrons. The minimum Gasteiger partial charge on any atom is -0.469 e.